The molecule has 0 aromatic carbocycles. The van der Waals surface area contributed by atoms with Gasteiger partial charge >= 0.3 is 16.4 Å². The van der Waals surface area contributed by atoms with E-state index in [-0.39, 0.29) is 19.0 Å². The Balaban J connectivity index is 2.10. The van der Waals surface area contributed by atoms with Crippen LogP contribution >= 0.6 is 0 Å². The number of imide groups is 1. The number of amidine groups is 1. The number of hydrogen-bond acceptors (Lipinski definition) is 6. The topological polar surface area (TPSA) is 120 Å². The Morgan fingerprint density at radius 1 is 1.40 bits per heavy atom. The smallest absolute Gasteiger partial charge is 0.269 e. The van der Waals surface area contributed by atoms with Crippen molar-refractivity contribution in [3.63, 3.8) is 0 Å². The summed E-state index contributed by atoms with van der Waals surface area (Å²) in [6, 6.07) is -1.29. The van der Waals surface area contributed by atoms with Gasteiger partial charge in [0.2, 0.25) is 0 Å². The van der Waals surface area contributed by atoms with Crippen LogP contribution in [0.3, 0.4) is 0 Å². The maximum atomic E-state index is 12.1. The number of likely N-dealkylation sites (N-methyl/N-ethyl adjacent to an activating group) is 2. The van der Waals surface area contributed by atoms with Crippen LogP contribution in [0.5, 0.6) is 0 Å². The van der Waals surface area contributed by atoms with Gasteiger partial charge in [0.05, 0.1) is 0 Å². The molecule has 0 aliphatic carbocycles. The lowest BCUT2D eigenvalue weighted by Crippen LogP contribution is -2.61. The molecule has 2 rings (SSSR count). The molecule has 3 amide bonds. The highest BCUT2D eigenvalue weighted by Gasteiger charge is 2.50. The highest BCUT2D eigenvalue weighted by Crippen LogP contribution is 2.16. The molecule has 0 aromatic rings. The predicted molar refractivity (Wildman–Crippen MR) is 65.8 cm³/mol. The lowest BCUT2D eigenvalue weighted by molar-refractivity contribution is -0.532. The molecule has 2 heterocycles. The molecule has 110 valence electrons. The molecule has 0 bridgehead atoms. The second-order valence-corrected chi connectivity index (χ2v) is 5.32. The Morgan fingerprint density at radius 3 is 2.65 bits per heavy atom. The first kappa shape index (κ1) is 14.6. The number of fused-ring (bicyclic) bond motifs is 1. The van der Waals surface area contributed by atoms with Crippen LogP contribution in [0.4, 0.5) is 4.79 Å². The fourth-order valence-electron chi connectivity index (χ4n) is 1.98. The predicted octanol–water partition coefficient (Wildman–Crippen LogP) is -1.85. The molecule has 2 aliphatic heterocycles. The minimum absolute atomic E-state index is 0.0130. The van der Waals surface area contributed by atoms with Crippen molar-refractivity contribution in [2.45, 2.75) is 6.04 Å². The molecule has 1 N–H and O–H groups in total. The van der Waals surface area contributed by atoms with Crippen molar-refractivity contribution in [1.29, 1.82) is 0 Å². The van der Waals surface area contributed by atoms with Crippen molar-refractivity contribution in [1.82, 2.24) is 9.80 Å². The lowest BCUT2D eigenvalue weighted by atomic mass is 10.1. The average molecular weight is 305 g/mol. The number of nitrogens with zero attached hydrogens (tertiary/aromatic N) is 4. The van der Waals surface area contributed by atoms with Gasteiger partial charge in [0.25, 0.3) is 24.1 Å². The molecule has 11 heteroatoms. The second-order valence-electron chi connectivity index (χ2n) is 4.23. The monoisotopic (exact) mass is 305 g/mol. The van der Waals surface area contributed by atoms with E-state index in [1.54, 1.807) is 0 Å². The standard InChI is InChI=1S/C9H12N4O6S/c1-11-7-6(8(14)12(2)9(11)15)13(5-10-7)3-4-19-20(16,17)18/h5-6H,3-4H2,1-2H3/p+1. The number of carbonyl (C=O) groups is 2. The van der Waals surface area contributed by atoms with Gasteiger partial charge in [-0.25, -0.2) is 13.6 Å². The third-order valence-electron chi connectivity index (χ3n) is 2.98. The summed E-state index contributed by atoms with van der Waals surface area (Å²) in [7, 11) is -1.69. The van der Waals surface area contributed by atoms with Gasteiger partial charge < -0.3 is 0 Å². The van der Waals surface area contributed by atoms with Crippen molar-refractivity contribution in [3.05, 3.63) is 0 Å². The fourth-order valence-corrected chi connectivity index (χ4v) is 2.26. The number of amides is 3. The summed E-state index contributed by atoms with van der Waals surface area (Å²) in [4.78, 5) is 30.0. The van der Waals surface area contributed by atoms with Gasteiger partial charge in [-0.15, -0.1) is 0 Å². The molecule has 10 nitrogen and oxygen atoms in total. The van der Waals surface area contributed by atoms with Crippen molar-refractivity contribution >= 4 is 34.5 Å². The SMILES string of the molecule is CN1C(=O)C2C(=NC=[N+]2CCOS(=O)(=O)O)N(C)C1=O. The van der Waals surface area contributed by atoms with Gasteiger partial charge in [-0.1, -0.05) is 0 Å². The number of urea groups is 1. The van der Waals surface area contributed by atoms with Crippen molar-refractivity contribution < 1.29 is 31.3 Å². The minimum Gasteiger partial charge on any atom is -0.269 e. The Hall–Kier alpha value is -1.85. The fraction of sp³-hybridized carbons (Fsp3) is 0.556. The highest BCUT2D eigenvalue weighted by atomic mass is 32.3. The lowest BCUT2D eigenvalue weighted by Gasteiger charge is -2.30. The van der Waals surface area contributed by atoms with Gasteiger partial charge in [0.15, 0.2) is 0 Å². The zero-order chi connectivity index (χ0) is 15.1. The summed E-state index contributed by atoms with van der Waals surface area (Å²) in [5.41, 5.74) is 0. The first-order valence-corrected chi connectivity index (χ1v) is 6.93. The highest BCUT2D eigenvalue weighted by molar-refractivity contribution is 7.80. The summed E-state index contributed by atoms with van der Waals surface area (Å²) >= 11 is 0. The van der Waals surface area contributed by atoms with E-state index in [2.05, 4.69) is 9.18 Å². The first-order valence-electron chi connectivity index (χ1n) is 5.56. The van der Waals surface area contributed by atoms with Gasteiger partial charge in [0.1, 0.15) is 13.2 Å². The molecule has 1 fully saturated rings. The van der Waals surface area contributed by atoms with Crippen LogP contribution in [0.1, 0.15) is 0 Å². The quantitative estimate of drug-likeness (QED) is 0.481. The van der Waals surface area contributed by atoms with E-state index in [1.165, 1.54) is 29.9 Å². The molecule has 2 aliphatic rings. The molecule has 20 heavy (non-hydrogen) atoms. The Labute approximate surface area is 114 Å². The molecule has 1 unspecified atom stereocenters. The molecule has 0 aromatic heterocycles. The van der Waals surface area contributed by atoms with Crippen molar-refractivity contribution in [2.75, 3.05) is 27.2 Å². The first-order chi connectivity index (χ1) is 9.22. The molecular weight excluding hydrogens is 292 g/mol. The molecule has 0 saturated carbocycles. The summed E-state index contributed by atoms with van der Waals surface area (Å²) in [6.45, 7) is -0.331. The number of aliphatic imine (C=N–C) groups is 1. The van der Waals surface area contributed by atoms with Crippen LogP contribution in [0.25, 0.3) is 0 Å². The molecule has 1 saturated heterocycles. The Bertz CT molecular complexity index is 624. The summed E-state index contributed by atoms with van der Waals surface area (Å²) in [5, 5.41) is 0. The zero-order valence-corrected chi connectivity index (χ0v) is 11.6. The van der Waals surface area contributed by atoms with E-state index < -0.39 is 28.4 Å². The molecular formula is C9H13N4O6S+. The third kappa shape index (κ3) is 2.55. The average Bonchev–Trinajstić information content (AvgIpc) is 2.76. The van der Waals surface area contributed by atoms with Crippen molar-refractivity contribution in [3.8, 4) is 0 Å². The summed E-state index contributed by atoms with van der Waals surface area (Å²) in [6.07, 6.45) is 1.33. The van der Waals surface area contributed by atoms with Crippen LogP contribution in [-0.2, 0) is 19.4 Å². The Kier molecular flexibility index (Phi) is 3.58. The van der Waals surface area contributed by atoms with Crippen LogP contribution in [-0.4, -0.2) is 84.7 Å². The number of rotatable bonds is 4. The maximum Gasteiger partial charge on any atom is 0.397 e. The number of carbonyl (C=O) groups excluding carboxylic acids is 2. The van der Waals surface area contributed by atoms with Gasteiger partial charge in [-0.3, -0.25) is 19.1 Å². The van der Waals surface area contributed by atoms with E-state index in [0.29, 0.717) is 0 Å². The maximum absolute atomic E-state index is 12.1. The molecule has 0 spiro atoms. The van der Waals surface area contributed by atoms with Crippen LogP contribution in [0, 0.1) is 0 Å². The Morgan fingerprint density at radius 2 is 2.05 bits per heavy atom. The van der Waals surface area contributed by atoms with Crippen LogP contribution in [0.2, 0.25) is 0 Å². The van der Waals surface area contributed by atoms with E-state index in [9.17, 15) is 18.0 Å². The summed E-state index contributed by atoms with van der Waals surface area (Å²) < 4.78 is 35.0. The van der Waals surface area contributed by atoms with Gasteiger partial charge in [-0.2, -0.15) is 8.42 Å². The number of hydrogen-bond donors (Lipinski definition) is 1. The van der Waals surface area contributed by atoms with E-state index >= 15 is 0 Å². The third-order valence-corrected chi connectivity index (χ3v) is 3.44. The largest absolute Gasteiger partial charge is 0.397 e. The van der Waals surface area contributed by atoms with Gasteiger partial charge in [0, 0.05) is 14.1 Å². The van der Waals surface area contributed by atoms with E-state index in [0.717, 1.165) is 4.90 Å². The second kappa shape index (κ2) is 4.92. The normalized spacial score (nSPS) is 22.9. The zero-order valence-electron chi connectivity index (χ0n) is 10.8. The van der Waals surface area contributed by atoms with E-state index in [1.807, 2.05) is 0 Å². The van der Waals surface area contributed by atoms with Crippen LogP contribution < -0.4 is 0 Å². The van der Waals surface area contributed by atoms with E-state index in [4.69, 9.17) is 4.55 Å². The van der Waals surface area contributed by atoms with Crippen molar-refractivity contribution in [2.24, 2.45) is 4.99 Å². The summed E-state index contributed by atoms with van der Waals surface area (Å²) in [5.74, 6) is -0.197. The minimum atomic E-state index is -4.53. The van der Waals surface area contributed by atoms with Gasteiger partial charge in [-0.05, 0) is 4.99 Å². The van der Waals surface area contributed by atoms with Crippen LogP contribution in [0.15, 0.2) is 4.99 Å². The molecule has 1 atom stereocenters. The molecule has 0 radical (unpaired) electrons.